The van der Waals surface area contributed by atoms with E-state index >= 15 is 0 Å². The summed E-state index contributed by atoms with van der Waals surface area (Å²) in [7, 11) is 0. The predicted molar refractivity (Wildman–Crippen MR) is 51.7 cm³/mol. The Bertz CT molecular complexity index is 247. The smallest absolute Gasteiger partial charge is 0.409 e. The summed E-state index contributed by atoms with van der Waals surface area (Å²) < 4.78 is 8.92. The molecule has 0 atom stereocenters. The molecule has 0 fully saturated rings. The summed E-state index contributed by atoms with van der Waals surface area (Å²) in [6.45, 7) is 3.32. The molecule has 0 aliphatic carbocycles. The molecule has 8 heteroatoms. The van der Waals surface area contributed by atoms with Crippen LogP contribution >= 0.6 is 0 Å². The lowest BCUT2D eigenvalue weighted by Crippen LogP contribution is -2.53. The molecule has 0 heterocycles. The van der Waals surface area contributed by atoms with Gasteiger partial charge in [0.1, 0.15) is 0 Å². The zero-order chi connectivity index (χ0) is 12.6. The second-order valence-corrected chi connectivity index (χ2v) is 2.50. The van der Waals surface area contributed by atoms with E-state index in [9.17, 15) is 14.4 Å². The molecule has 92 valence electrons. The Kier molecular flexibility index (Phi) is 6.41. The Morgan fingerprint density at radius 1 is 1.06 bits per heavy atom. The van der Waals surface area contributed by atoms with Gasteiger partial charge < -0.3 is 14.6 Å². The van der Waals surface area contributed by atoms with E-state index in [1.54, 1.807) is 13.8 Å². The molecule has 0 radical (unpaired) electrons. The SMILES string of the molecule is CCOC(=O)NC(NC(=O)OCC)C(=O)O. The van der Waals surface area contributed by atoms with E-state index in [1.807, 2.05) is 10.6 Å². The molecular weight excluding hydrogens is 220 g/mol. The molecule has 0 saturated heterocycles. The number of carboxylic acids is 1. The standard InChI is InChI=1S/C8H14N2O6/c1-3-15-7(13)9-5(6(11)12)10-8(14)16-4-2/h5H,3-4H2,1-2H3,(H,9,13)(H,10,14)(H,11,12). The van der Waals surface area contributed by atoms with Crippen molar-refractivity contribution in [2.45, 2.75) is 20.0 Å². The van der Waals surface area contributed by atoms with Gasteiger partial charge in [0.2, 0.25) is 6.17 Å². The summed E-state index contributed by atoms with van der Waals surface area (Å²) in [5, 5.41) is 12.5. The van der Waals surface area contributed by atoms with Crippen LogP contribution in [0.15, 0.2) is 0 Å². The predicted octanol–water partition coefficient (Wildman–Crippen LogP) is -0.111. The minimum atomic E-state index is -1.59. The molecule has 8 nitrogen and oxygen atoms in total. The maximum atomic E-state index is 10.9. The van der Waals surface area contributed by atoms with Gasteiger partial charge in [-0.3, -0.25) is 10.6 Å². The first-order chi connectivity index (χ1) is 7.51. The van der Waals surface area contributed by atoms with Crippen LogP contribution in [0.1, 0.15) is 13.8 Å². The number of carboxylic acid groups (broad SMARTS) is 1. The summed E-state index contributed by atoms with van der Waals surface area (Å²) in [4.78, 5) is 32.5. The fourth-order valence-corrected chi connectivity index (χ4v) is 0.741. The topological polar surface area (TPSA) is 114 Å². The highest BCUT2D eigenvalue weighted by atomic mass is 16.6. The molecule has 0 unspecified atom stereocenters. The fourth-order valence-electron chi connectivity index (χ4n) is 0.741. The lowest BCUT2D eigenvalue weighted by atomic mass is 10.5. The third-order valence-electron chi connectivity index (χ3n) is 1.32. The Balaban J connectivity index is 4.22. The van der Waals surface area contributed by atoms with E-state index in [0.717, 1.165) is 0 Å². The van der Waals surface area contributed by atoms with E-state index < -0.39 is 24.3 Å². The minimum Gasteiger partial charge on any atom is -0.478 e. The van der Waals surface area contributed by atoms with Crippen LogP contribution in [-0.4, -0.2) is 42.6 Å². The van der Waals surface area contributed by atoms with Crippen LogP contribution in [0, 0.1) is 0 Å². The van der Waals surface area contributed by atoms with E-state index in [-0.39, 0.29) is 13.2 Å². The van der Waals surface area contributed by atoms with E-state index in [0.29, 0.717) is 0 Å². The summed E-state index contributed by atoms with van der Waals surface area (Å²) in [5.74, 6) is -1.43. The van der Waals surface area contributed by atoms with Crippen LogP contribution in [0.25, 0.3) is 0 Å². The number of nitrogens with one attached hydrogen (secondary N) is 2. The van der Waals surface area contributed by atoms with Gasteiger partial charge in [-0.2, -0.15) is 0 Å². The zero-order valence-electron chi connectivity index (χ0n) is 8.98. The number of amides is 2. The van der Waals surface area contributed by atoms with Gasteiger partial charge in [0.25, 0.3) is 0 Å². The molecule has 2 amide bonds. The van der Waals surface area contributed by atoms with Gasteiger partial charge in [0, 0.05) is 0 Å². The third kappa shape index (κ3) is 5.68. The number of aliphatic carboxylic acids is 1. The second kappa shape index (κ2) is 7.32. The minimum absolute atomic E-state index is 0.0948. The van der Waals surface area contributed by atoms with Gasteiger partial charge in [-0.25, -0.2) is 14.4 Å². The van der Waals surface area contributed by atoms with Crippen molar-refractivity contribution in [3.05, 3.63) is 0 Å². The van der Waals surface area contributed by atoms with Gasteiger partial charge in [-0.05, 0) is 13.8 Å². The Morgan fingerprint density at radius 3 is 1.69 bits per heavy atom. The zero-order valence-corrected chi connectivity index (χ0v) is 8.98. The average molecular weight is 234 g/mol. The Labute approximate surface area is 91.9 Å². The molecule has 0 saturated carbocycles. The van der Waals surface area contributed by atoms with Crippen LogP contribution in [0.5, 0.6) is 0 Å². The van der Waals surface area contributed by atoms with Crippen molar-refractivity contribution < 1.29 is 29.0 Å². The van der Waals surface area contributed by atoms with Crippen molar-refractivity contribution in [3.63, 3.8) is 0 Å². The molecule has 16 heavy (non-hydrogen) atoms. The molecular formula is C8H14N2O6. The monoisotopic (exact) mass is 234 g/mol. The van der Waals surface area contributed by atoms with E-state index in [2.05, 4.69) is 9.47 Å². The summed E-state index contributed by atoms with van der Waals surface area (Å²) in [5.41, 5.74) is 0. The Hall–Kier alpha value is -1.99. The largest absolute Gasteiger partial charge is 0.478 e. The summed E-state index contributed by atoms with van der Waals surface area (Å²) >= 11 is 0. The lowest BCUT2D eigenvalue weighted by Gasteiger charge is -2.15. The lowest BCUT2D eigenvalue weighted by molar-refractivity contribution is -0.140. The molecule has 0 aromatic rings. The highest BCUT2D eigenvalue weighted by Gasteiger charge is 2.22. The van der Waals surface area contributed by atoms with Crippen molar-refractivity contribution in [1.29, 1.82) is 0 Å². The molecule has 0 spiro atoms. The number of carbonyl (C=O) groups excluding carboxylic acids is 2. The first kappa shape index (κ1) is 14.0. The van der Waals surface area contributed by atoms with Crippen LogP contribution in [0.3, 0.4) is 0 Å². The molecule has 0 bridgehead atoms. The Morgan fingerprint density at radius 2 is 1.44 bits per heavy atom. The van der Waals surface area contributed by atoms with Crippen molar-refractivity contribution >= 4 is 18.2 Å². The van der Waals surface area contributed by atoms with Gasteiger partial charge >= 0.3 is 18.2 Å². The number of rotatable bonds is 5. The first-order valence-electron chi connectivity index (χ1n) is 4.60. The molecule has 0 aromatic heterocycles. The number of hydrogen-bond donors (Lipinski definition) is 3. The maximum absolute atomic E-state index is 10.9. The first-order valence-corrected chi connectivity index (χ1v) is 4.60. The molecule has 0 aromatic carbocycles. The van der Waals surface area contributed by atoms with Crippen LogP contribution < -0.4 is 10.6 Å². The average Bonchev–Trinajstić information content (AvgIpc) is 2.17. The molecule has 0 aliphatic rings. The van der Waals surface area contributed by atoms with E-state index in [1.165, 1.54) is 0 Å². The van der Waals surface area contributed by atoms with Crippen molar-refractivity contribution in [1.82, 2.24) is 10.6 Å². The molecule has 0 rings (SSSR count). The molecule has 3 N–H and O–H groups in total. The normalized spacial score (nSPS) is 9.44. The number of carbonyl (C=O) groups is 3. The maximum Gasteiger partial charge on any atom is 0.409 e. The van der Waals surface area contributed by atoms with Crippen molar-refractivity contribution in [2.75, 3.05) is 13.2 Å². The van der Waals surface area contributed by atoms with Gasteiger partial charge in [-0.1, -0.05) is 0 Å². The van der Waals surface area contributed by atoms with Crippen LogP contribution in [-0.2, 0) is 14.3 Å². The van der Waals surface area contributed by atoms with Gasteiger partial charge in [0.15, 0.2) is 0 Å². The quantitative estimate of drug-likeness (QED) is 0.572. The number of alkyl carbamates (subject to hydrolysis) is 2. The summed E-state index contributed by atoms with van der Waals surface area (Å²) in [6.07, 6.45) is -3.46. The summed E-state index contributed by atoms with van der Waals surface area (Å²) in [6, 6.07) is 0. The number of ether oxygens (including phenoxy) is 2. The highest BCUT2D eigenvalue weighted by Crippen LogP contribution is 1.86. The van der Waals surface area contributed by atoms with E-state index in [4.69, 9.17) is 5.11 Å². The van der Waals surface area contributed by atoms with Crippen LogP contribution in [0.4, 0.5) is 9.59 Å². The molecule has 0 aliphatic heterocycles. The highest BCUT2D eigenvalue weighted by molar-refractivity contribution is 5.83. The fraction of sp³-hybridized carbons (Fsp3) is 0.625. The van der Waals surface area contributed by atoms with Crippen molar-refractivity contribution in [3.8, 4) is 0 Å². The van der Waals surface area contributed by atoms with Gasteiger partial charge in [0.05, 0.1) is 13.2 Å². The third-order valence-corrected chi connectivity index (χ3v) is 1.32. The number of hydrogen-bond acceptors (Lipinski definition) is 5. The second-order valence-electron chi connectivity index (χ2n) is 2.50. The van der Waals surface area contributed by atoms with Gasteiger partial charge in [-0.15, -0.1) is 0 Å². The van der Waals surface area contributed by atoms with Crippen molar-refractivity contribution in [2.24, 2.45) is 0 Å². The van der Waals surface area contributed by atoms with Crippen LogP contribution in [0.2, 0.25) is 0 Å².